The number of benzene rings is 2. The van der Waals surface area contributed by atoms with Crippen LogP contribution in [0.15, 0.2) is 76.2 Å². The van der Waals surface area contributed by atoms with E-state index in [1.165, 1.54) is 23.1 Å². The number of thioether (sulfide) groups is 1. The lowest BCUT2D eigenvalue weighted by Gasteiger charge is -2.15. The molecule has 8 nitrogen and oxygen atoms in total. The van der Waals surface area contributed by atoms with Crippen LogP contribution in [0, 0.1) is 6.92 Å². The maximum atomic E-state index is 13.1. The molecule has 176 valence electrons. The highest BCUT2D eigenvalue weighted by Crippen LogP contribution is 2.30. The van der Waals surface area contributed by atoms with E-state index in [2.05, 4.69) is 20.5 Å². The lowest BCUT2D eigenvalue weighted by Crippen LogP contribution is -2.25. The molecule has 0 saturated carbocycles. The second-order valence-corrected chi connectivity index (χ2v) is 11.5. The molecule has 1 N–H and O–H groups in total. The molecule has 1 atom stereocenters. The van der Waals surface area contributed by atoms with Crippen LogP contribution in [0.1, 0.15) is 24.7 Å². The van der Waals surface area contributed by atoms with E-state index >= 15 is 0 Å². The molecule has 0 aliphatic rings. The van der Waals surface area contributed by atoms with E-state index in [0.717, 1.165) is 11.3 Å². The fraction of sp³-hybridized carbons (Fsp3) is 0.217. The Balaban J connectivity index is 1.66. The molecule has 0 aliphatic heterocycles. The molecule has 0 aliphatic carbocycles. The smallest absolute Gasteiger partial charge is 0.239 e. The van der Waals surface area contributed by atoms with Crippen LogP contribution >= 0.6 is 23.1 Å². The van der Waals surface area contributed by atoms with E-state index in [9.17, 15) is 13.2 Å². The Hall–Kier alpha value is -3.02. The summed E-state index contributed by atoms with van der Waals surface area (Å²) in [5, 5.41) is 13.6. The minimum Gasteiger partial charge on any atom is -0.301 e. The Morgan fingerprint density at radius 2 is 1.85 bits per heavy atom. The number of nitrogens with one attached hydrogen (secondary N) is 1. The van der Waals surface area contributed by atoms with E-state index in [0.29, 0.717) is 16.7 Å². The van der Waals surface area contributed by atoms with Crippen molar-refractivity contribution in [2.75, 3.05) is 5.32 Å². The number of hydrogen-bond donors (Lipinski definition) is 1. The van der Waals surface area contributed by atoms with Crippen LogP contribution in [-0.4, -0.2) is 39.3 Å². The first-order chi connectivity index (χ1) is 16.4. The van der Waals surface area contributed by atoms with Crippen LogP contribution in [0.5, 0.6) is 0 Å². The van der Waals surface area contributed by atoms with Crippen molar-refractivity contribution in [2.24, 2.45) is 0 Å². The number of amides is 1. The van der Waals surface area contributed by atoms with Crippen molar-refractivity contribution in [3.63, 3.8) is 0 Å². The fourth-order valence-corrected chi connectivity index (χ4v) is 5.99. The number of nitrogens with zero attached hydrogens (tertiary/aromatic N) is 4. The van der Waals surface area contributed by atoms with Gasteiger partial charge in [-0.3, -0.25) is 9.36 Å². The van der Waals surface area contributed by atoms with Crippen LogP contribution in [0.2, 0.25) is 0 Å². The largest absolute Gasteiger partial charge is 0.301 e. The van der Waals surface area contributed by atoms with E-state index in [1.807, 2.05) is 44.2 Å². The van der Waals surface area contributed by atoms with Crippen LogP contribution in [0.4, 0.5) is 5.13 Å². The van der Waals surface area contributed by atoms with Gasteiger partial charge in [0.05, 0.1) is 10.1 Å². The zero-order valence-corrected chi connectivity index (χ0v) is 21.0. The van der Waals surface area contributed by atoms with Gasteiger partial charge < -0.3 is 5.32 Å². The second-order valence-electron chi connectivity index (χ2n) is 7.48. The zero-order chi connectivity index (χ0) is 24.1. The molecule has 2 aromatic carbocycles. The number of carbonyl (C=O) groups is 1. The van der Waals surface area contributed by atoms with Crippen molar-refractivity contribution < 1.29 is 13.2 Å². The molecular formula is C23H23N5O3S3. The van der Waals surface area contributed by atoms with Crippen molar-refractivity contribution in [1.29, 1.82) is 0 Å². The molecule has 1 amide bonds. The molecule has 4 rings (SSSR count). The standard InChI is InChI=1S/C23H23N5O3S3/c1-3-19(21(29)25-22-24-13-14-32-22)33-23-27-26-20(28(23)17-7-5-4-6-8-17)15-34(30,31)18-11-9-16(2)10-12-18/h4-14,19H,3,15H2,1-2H3,(H,24,25,29). The molecule has 0 fully saturated rings. The molecule has 0 spiro atoms. The first-order valence-electron chi connectivity index (χ1n) is 10.5. The molecule has 2 aromatic heterocycles. The summed E-state index contributed by atoms with van der Waals surface area (Å²) >= 11 is 2.59. The average molecular weight is 514 g/mol. The fourth-order valence-electron chi connectivity index (χ4n) is 3.23. The Bertz CT molecular complexity index is 1350. The van der Waals surface area contributed by atoms with Gasteiger partial charge in [0.2, 0.25) is 5.91 Å². The van der Waals surface area contributed by atoms with Gasteiger partial charge in [0.25, 0.3) is 0 Å². The Kier molecular flexibility index (Phi) is 7.44. The summed E-state index contributed by atoms with van der Waals surface area (Å²) in [6.07, 6.45) is 2.17. The number of thiazole rings is 1. The van der Waals surface area contributed by atoms with E-state index < -0.39 is 15.1 Å². The Morgan fingerprint density at radius 3 is 2.50 bits per heavy atom. The highest BCUT2D eigenvalue weighted by atomic mass is 32.2. The lowest BCUT2D eigenvalue weighted by atomic mass is 10.2. The summed E-state index contributed by atoms with van der Waals surface area (Å²) in [5.74, 6) is -0.232. The van der Waals surface area contributed by atoms with Crippen molar-refractivity contribution >= 4 is 44.0 Å². The topological polar surface area (TPSA) is 107 Å². The number of aryl methyl sites for hydroxylation is 1. The van der Waals surface area contributed by atoms with Gasteiger partial charge in [0.1, 0.15) is 5.75 Å². The quantitative estimate of drug-likeness (QED) is 0.328. The van der Waals surface area contributed by atoms with E-state index in [4.69, 9.17) is 0 Å². The molecule has 0 radical (unpaired) electrons. The molecule has 1 unspecified atom stereocenters. The highest BCUT2D eigenvalue weighted by Gasteiger charge is 2.26. The minimum atomic E-state index is -3.65. The highest BCUT2D eigenvalue weighted by molar-refractivity contribution is 8.00. The van der Waals surface area contributed by atoms with Crippen molar-refractivity contribution in [2.45, 2.75) is 41.3 Å². The molecule has 4 aromatic rings. The number of anilines is 1. The number of hydrogen-bond acceptors (Lipinski definition) is 8. The predicted molar refractivity (Wildman–Crippen MR) is 134 cm³/mol. The first kappa shape index (κ1) is 24.1. The normalized spacial score (nSPS) is 12.4. The third-order valence-electron chi connectivity index (χ3n) is 4.99. The number of aromatic nitrogens is 4. The molecule has 0 bridgehead atoms. The van der Waals surface area contributed by atoms with Crippen LogP contribution < -0.4 is 5.32 Å². The summed E-state index contributed by atoms with van der Waals surface area (Å²) in [7, 11) is -3.65. The van der Waals surface area contributed by atoms with Gasteiger partial charge in [-0.15, -0.1) is 21.5 Å². The number of para-hydroxylation sites is 1. The summed E-state index contributed by atoms with van der Waals surface area (Å²) in [4.78, 5) is 17.2. The molecule has 11 heteroatoms. The summed E-state index contributed by atoms with van der Waals surface area (Å²) in [6.45, 7) is 3.81. The van der Waals surface area contributed by atoms with Gasteiger partial charge in [0.15, 0.2) is 25.9 Å². The molecular weight excluding hydrogens is 490 g/mol. The van der Waals surface area contributed by atoms with Crippen LogP contribution in [0.25, 0.3) is 5.69 Å². The number of sulfone groups is 1. The number of rotatable bonds is 9. The van der Waals surface area contributed by atoms with Gasteiger partial charge in [-0.1, -0.05) is 54.6 Å². The predicted octanol–water partition coefficient (Wildman–Crippen LogP) is 4.52. The van der Waals surface area contributed by atoms with Gasteiger partial charge >= 0.3 is 0 Å². The monoisotopic (exact) mass is 513 g/mol. The van der Waals surface area contributed by atoms with Crippen LogP contribution in [-0.2, 0) is 20.4 Å². The zero-order valence-electron chi connectivity index (χ0n) is 18.6. The van der Waals surface area contributed by atoms with E-state index in [1.54, 1.807) is 40.4 Å². The van der Waals surface area contributed by atoms with Gasteiger partial charge in [0, 0.05) is 17.3 Å². The van der Waals surface area contributed by atoms with E-state index in [-0.39, 0.29) is 22.4 Å². The Labute approximate surface area is 206 Å². The molecule has 0 saturated heterocycles. The lowest BCUT2D eigenvalue weighted by molar-refractivity contribution is -0.115. The van der Waals surface area contributed by atoms with Crippen molar-refractivity contribution in [3.8, 4) is 5.69 Å². The van der Waals surface area contributed by atoms with Crippen molar-refractivity contribution in [3.05, 3.63) is 77.6 Å². The maximum absolute atomic E-state index is 13.1. The molecule has 34 heavy (non-hydrogen) atoms. The SMILES string of the molecule is CCC(Sc1nnc(CS(=O)(=O)c2ccc(C)cc2)n1-c1ccccc1)C(=O)Nc1nccs1. The summed E-state index contributed by atoms with van der Waals surface area (Å²) in [6, 6.07) is 16.0. The van der Waals surface area contributed by atoms with Gasteiger partial charge in [-0.25, -0.2) is 13.4 Å². The second kappa shape index (κ2) is 10.5. The Morgan fingerprint density at radius 1 is 1.12 bits per heavy atom. The summed E-state index contributed by atoms with van der Waals surface area (Å²) in [5.41, 5.74) is 1.70. The van der Waals surface area contributed by atoms with Gasteiger partial charge in [-0.2, -0.15) is 0 Å². The third kappa shape index (κ3) is 5.54. The van der Waals surface area contributed by atoms with Crippen LogP contribution in [0.3, 0.4) is 0 Å². The maximum Gasteiger partial charge on any atom is 0.239 e. The van der Waals surface area contributed by atoms with Crippen molar-refractivity contribution in [1.82, 2.24) is 19.7 Å². The summed E-state index contributed by atoms with van der Waals surface area (Å²) < 4.78 is 27.9. The molecule has 2 heterocycles. The first-order valence-corrected chi connectivity index (χ1v) is 13.9. The average Bonchev–Trinajstić information content (AvgIpc) is 3.47. The van der Waals surface area contributed by atoms with Gasteiger partial charge in [-0.05, 0) is 37.6 Å². The minimum absolute atomic E-state index is 0.195. The third-order valence-corrected chi connectivity index (χ3v) is 8.61. The number of carbonyl (C=O) groups excluding carboxylic acids is 1.